The van der Waals surface area contributed by atoms with Crippen LogP contribution in [0.3, 0.4) is 0 Å². The summed E-state index contributed by atoms with van der Waals surface area (Å²) in [6, 6.07) is 16.0. The summed E-state index contributed by atoms with van der Waals surface area (Å²) in [6.45, 7) is 0.242. The van der Waals surface area contributed by atoms with Crippen LogP contribution in [0, 0.1) is 5.82 Å². The van der Waals surface area contributed by atoms with Gasteiger partial charge in [0, 0.05) is 6.54 Å². The topological polar surface area (TPSA) is 41.6 Å². The smallest absolute Gasteiger partial charge is 0.258 e. The number of ether oxygens (including phenoxy) is 1. The lowest BCUT2D eigenvalue weighted by Crippen LogP contribution is -2.36. The van der Waals surface area contributed by atoms with Crippen molar-refractivity contribution < 1.29 is 13.9 Å². The number of benzene rings is 2. The predicted molar refractivity (Wildman–Crippen MR) is 87.8 cm³/mol. The average molecular weight is 316 g/mol. The molecule has 0 aliphatic heterocycles. The van der Waals surface area contributed by atoms with Crippen LogP contribution in [-0.4, -0.2) is 38.1 Å². The summed E-state index contributed by atoms with van der Waals surface area (Å²) >= 11 is 0. The second-order valence-corrected chi connectivity index (χ2v) is 5.41. The van der Waals surface area contributed by atoms with E-state index in [4.69, 9.17) is 4.74 Å². The van der Waals surface area contributed by atoms with Gasteiger partial charge in [0.25, 0.3) is 5.91 Å². The van der Waals surface area contributed by atoms with Crippen molar-refractivity contribution in [3.63, 3.8) is 0 Å². The van der Waals surface area contributed by atoms with E-state index in [1.807, 2.05) is 49.3 Å². The first-order chi connectivity index (χ1) is 11.1. The van der Waals surface area contributed by atoms with Crippen molar-refractivity contribution in [3.8, 4) is 5.75 Å². The van der Waals surface area contributed by atoms with E-state index < -0.39 is 5.82 Å². The molecule has 0 aromatic heterocycles. The molecule has 23 heavy (non-hydrogen) atoms. The third kappa shape index (κ3) is 5.07. The number of para-hydroxylation sites is 1. The van der Waals surface area contributed by atoms with Crippen LogP contribution >= 0.6 is 0 Å². The van der Waals surface area contributed by atoms with Gasteiger partial charge in [0.15, 0.2) is 18.2 Å². The minimum Gasteiger partial charge on any atom is -0.481 e. The second-order valence-electron chi connectivity index (χ2n) is 5.41. The van der Waals surface area contributed by atoms with Crippen molar-refractivity contribution in [1.82, 2.24) is 10.2 Å². The molecule has 0 spiro atoms. The maximum Gasteiger partial charge on any atom is 0.258 e. The highest BCUT2D eigenvalue weighted by atomic mass is 19.1. The first-order valence-corrected chi connectivity index (χ1v) is 7.43. The largest absolute Gasteiger partial charge is 0.481 e. The van der Waals surface area contributed by atoms with Crippen molar-refractivity contribution in [3.05, 3.63) is 66.0 Å². The number of carbonyl (C=O) groups excluding carboxylic acids is 1. The number of rotatable bonds is 7. The van der Waals surface area contributed by atoms with Crippen LogP contribution in [0.4, 0.5) is 4.39 Å². The van der Waals surface area contributed by atoms with Crippen LogP contribution in [0.1, 0.15) is 11.6 Å². The molecule has 0 heterocycles. The molecule has 2 aromatic rings. The first kappa shape index (κ1) is 17.0. The Labute approximate surface area is 135 Å². The quantitative estimate of drug-likeness (QED) is 0.854. The number of nitrogens with zero attached hydrogens (tertiary/aromatic N) is 1. The summed E-state index contributed by atoms with van der Waals surface area (Å²) in [6.07, 6.45) is 0. The van der Waals surface area contributed by atoms with Crippen LogP contribution < -0.4 is 10.1 Å². The van der Waals surface area contributed by atoms with Crippen molar-refractivity contribution in [2.24, 2.45) is 0 Å². The maximum absolute atomic E-state index is 13.4. The Morgan fingerprint density at radius 3 is 2.43 bits per heavy atom. The number of hydrogen-bond donors (Lipinski definition) is 1. The molecule has 0 aliphatic rings. The molecule has 4 nitrogen and oxygen atoms in total. The zero-order valence-corrected chi connectivity index (χ0v) is 13.3. The fraction of sp³-hybridized carbons (Fsp3) is 0.278. The molecule has 0 bridgehead atoms. The molecule has 0 saturated carbocycles. The molecule has 0 saturated heterocycles. The molecule has 5 heteroatoms. The number of amides is 1. The van der Waals surface area contributed by atoms with E-state index in [0.29, 0.717) is 6.54 Å². The molecule has 2 aromatic carbocycles. The van der Waals surface area contributed by atoms with Gasteiger partial charge < -0.3 is 15.0 Å². The zero-order chi connectivity index (χ0) is 16.7. The van der Waals surface area contributed by atoms with Gasteiger partial charge in [-0.05, 0) is 31.8 Å². The summed E-state index contributed by atoms with van der Waals surface area (Å²) in [5.41, 5.74) is 1.12. The SMILES string of the molecule is CN(C)[C@@H](CNC(=O)COc1ccccc1F)c1ccccc1. The van der Waals surface area contributed by atoms with Crippen LogP contribution in [-0.2, 0) is 4.79 Å². The fourth-order valence-electron chi connectivity index (χ4n) is 2.24. The van der Waals surface area contributed by atoms with E-state index >= 15 is 0 Å². The van der Waals surface area contributed by atoms with Gasteiger partial charge in [-0.2, -0.15) is 0 Å². The molecule has 2 rings (SSSR count). The van der Waals surface area contributed by atoms with Gasteiger partial charge in [-0.25, -0.2) is 4.39 Å². The predicted octanol–water partition coefficient (Wildman–Crippen LogP) is 2.62. The summed E-state index contributed by atoms with van der Waals surface area (Å²) in [5, 5.41) is 2.82. The van der Waals surface area contributed by atoms with Gasteiger partial charge in [0.05, 0.1) is 6.04 Å². The minimum atomic E-state index is -0.476. The number of halogens is 1. The molecule has 0 radical (unpaired) electrons. The summed E-state index contributed by atoms with van der Waals surface area (Å²) in [4.78, 5) is 13.9. The Balaban J connectivity index is 1.86. The molecular formula is C18H21FN2O2. The van der Waals surface area contributed by atoms with E-state index in [2.05, 4.69) is 5.32 Å². The molecule has 1 amide bonds. The lowest BCUT2D eigenvalue weighted by molar-refractivity contribution is -0.123. The molecule has 0 unspecified atom stereocenters. The number of carbonyl (C=O) groups is 1. The van der Waals surface area contributed by atoms with Gasteiger partial charge in [-0.15, -0.1) is 0 Å². The Morgan fingerprint density at radius 1 is 1.13 bits per heavy atom. The normalized spacial score (nSPS) is 12.0. The van der Waals surface area contributed by atoms with E-state index in [0.717, 1.165) is 5.56 Å². The van der Waals surface area contributed by atoms with Gasteiger partial charge in [0.1, 0.15) is 0 Å². The number of likely N-dealkylation sites (N-methyl/N-ethyl adjacent to an activating group) is 1. The van der Waals surface area contributed by atoms with Crippen molar-refractivity contribution in [2.45, 2.75) is 6.04 Å². The van der Waals surface area contributed by atoms with Gasteiger partial charge in [-0.1, -0.05) is 42.5 Å². The van der Waals surface area contributed by atoms with E-state index in [1.165, 1.54) is 12.1 Å². The third-order valence-corrected chi connectivity index (χ3v) is 3.50. The molecule has 1 N–H and O–H groups in total. The van der Waals surface area contributed by atoms with Crippen LogP contribution in [0.15, 0.2) is 54.6 Å². The van der Waals surface area contributed by atoms with Crippen LogP contribution in [0.5, 0.6) is 5.75 Å². The van der Waals surface area contributed by atoms with Crippen molar-refractivity contribution in [2.75, 3.05) is 27.2 Å². The van der Waals surface area contributed by atoms with E-state index in [9.17, 15) is 9.18 Å². The minimum absolute atomic E-state index is 0.0635. The zero-order valence-electron chi connectivity index (χ0n) is 13.3. The Hall–Kier alpha value is -2.40. The fourth-order valence-corrected chi connectivity index (χ4v) is 2.24. The second kappa shape index (κ2) is 8.29. The lowest BCUT2D eigenvalue weighted by atomic mass is 10.1. The number of hydrogen-bond acceptors (Lipinski definition) is 3. The van der Waals surface area contributed by atoms with Gasteiger partial charge >= 0.3 is 0 Å². The van der Waals surface area contributed by atoms with Crippen molar-refractivity contribution >= 4 is 5.91 Å². The molecule has 122 valence electrons. The average Bonchev–Trinajstić information content (AvgIpc) is 2.55. The Kier molecular flexibility index (Phi) is 6.11. The Morgan fingerprint density at radius 2 is 1.78 bits per heavy atom. The standard InChI is InChI=1S/C18H21FN2O2/c1-21(2)16(14-8-4-3-5-9-14)12-20-18(22)13-23-17-11-7-6-10-15(17)19/h3-11,16H,12-13H2,1-2H3,(H,20,22)/t16-/m0/s1. The highest BCUT2D eigenvalue weighted by Crippen LogP contribution is 2.17. The molecule has 0 aliphatic carbocycles. The van der Waals surface area contributed by atoms with E-state index in [-0.39, 0.29) is 24.3 Å². The van der Waals surface area contributed by atoms with Crippen LogP contribution in [0.25, 0.3) is 0 Å². The first-order valence-electron chi connectivity index (χ1n) is 7.43. The maximum atomic E-state index is 13.4. The van der Waals surface area contributed by atoms with E-state index in [1.54, 1.807) is 12.1 Å². The lowest BCUT2D eigenvalue weighted by Gasteiger charge is -2.25. The van der Waals surface area contributed by atoms with Gasteiger partial charge in [-0.3, -0.25) is 4.79 Å². The molecular weight excluding hydrogens is 295 g/mol. The third-order valence-electron chi connectivity index (χ3n) is 3.50. The highest BCUT2D eigenvalue weighted by molar-refractivity contribution is 5.77. The number of nitrogens with one attached hydrogen (secondary N) is 1. The monoisotopic (exact) mass is 316 g/mol. The summed E-state index contributed by atoms with van der Waals surface area (Å²) in [5.74, 6) is -0.679. The Bertz CT molecular complexity index is 632. The van der Waals surface area contributed by atoms with Gasteiger partial charge in [0.2, 0.25) is 0 Å². The van der Waals surface area contributed by atoms with Crippen molar-refractivity contribution in [1.29, 1.82) is 0 Å². The summed E-state index contributed by atoms with van der Waals surface area (Å²) < 4.78 is 18.6. The molecule has 0 fully saturated rings. The molecule has 1 atom stereocenters. The summed E-state index contributed by atoms with van der Waals surface area (Å²) in [7, 11) is 3.92. The van der Waals surface area contributed by atoms with Crippen LogP contribution in [0.2, 0.25) is 0 Å². The highest BCUT2D eigenvalue weighted by Gasteiger charge is 2.15.